The average molecular weight is 269 g/mol. The van der Waals surface area contributed by atoms with E-state index < -0.39 is 0 Å². The molecule has 0 unspecified atom stereocenters. The van der Waals surface area contributed by atoms with E-state index in [0.717, 1.165) is 11.4 Å². The molecule has 1 heterocycles. The molecular formula is C15H14ClLiS. The van der Waals surface area contributed by atoms with Gasteiger partial charge < -0.3 is 1.43 Å². The summed E-state index contributed by atoms with van der Waals surface area (Å²) in [6, 6.07) is 8.15. The molecule has 0 bridgehead atoms. The molecule has 1 aromatic heterocycles. The fourth-order valence-corrected chi connectivity index (χ4v) is 3.83. The van der Waals surface area contributed by atoms with Crippen molar-refractivity contribution in [2.24, 2.45) is 0 Å². The Bertz CT molecular complexity index is 614. The van der Waals surface area contributed by atoms with E-state index in [4.69, 9.17) is 11.6 Å². The van der Waals surface area contributed by atoms with E-state index in [2.05, 4.69) is 32.1 Å². The van der Waals surface area contributed by atoms with E-state index in [-0.39, 0.29) is 20.3 Å². The van der Waals surface area contributed by atoms with Crippen LogP contribution in [0.25, 0.3) is 17.2 Å². The molecular weight excluding hydrogens is 255 g/mol. The molecule has 0 fully saturated rings. The minimum Gasteiger partial charge on any atom is -1.00 e. The number of rotatable bonds is 1. The van der Waals surface area contributed by atoms with Crippen LogP contribution in [0, 0.1) is 6.92 Å². The van der Waals surface area contributed by atoms with Crippen LogP contribution in [0.15, 0.2) is 29.8 Å². The minimum atomic E-state index is 0. The molecule has 0 nitrogen and oxygen atoms in total. The van der Waals surface area contributed by atoms with Crippen molar-refractivity contribution in [2.45, 2.75) is 20.3 Å². The topological polar surface area (TPSA) is 0 Å². The second-order valence-corrected chi connectivity index (χ2v) is 6.29. The predicted molar refractivity (Wildman–Crippen MR) is 78.0 cm³/mol. The summed E-state index contributed by atoms with van der Waals surface area (Å²) in [6.07, 6.45) is 3.44. The SMILES string of the molecule is CC1=Cc2c(sc(C)c2-c2ccc(Cl)cc2)C1.[H-].[Li+]. The molecule has 0 atom stereocenters. The fraction of sp³-hybridized carbons (Fsp3) is 0.200. The number of hydrogen-bond acceptors (Lipinski definition) is 1. The van der Waals surface area contributed by atoms with Crippen LogP contribution < -0.4 is 18.9 Å². The van der Waals surface area contributed by atoms with Crippen LogP contribution in [-0.4, -0.2) is 0 Å². The molecule has 0 saturated heterocycles. The molecule has 18 heavy (non-hydrogen) atoms. The number of halogens is 1. The molecule has 1 aliphatic carbocycles. The maximum absolute atomic E-state index is 5.94. The van der Waals surface area contributed by atoms with Crippen molar-refractivity contribution in [3.63, 3.8) is 0 Å². The summed E-state index contributed by atoms with van der Waals surface area (Å²) in [5, 5.41) is 0.796. The minimum absolute atomic E-state index is 0. The second kappa shape index (κ2) is 5.27. The zero-order chi connectivity index (χ0) is 12.0. The molecule has 3 heteroatoms. The molecule has 1 aliphatic rings. The predicted octanol–water partition coefficient (Wildman–Crippen LogP) is 2.45. The summed E-state index contributed by atoms with van der Waals surface area (Å²) in [7, 11) is 0. The Morgan fingerprint density at radius 1 is 1.17 bits per heavy atom. The zero-order valence-electron chi connectivity index (χ0n) is 11.9. The first-order valence-corrected chi connectivity index (χ1v) is 6.90. The summed E-state index contributed by atoms with van der Waals surface area (Å²) in [4.78, 5) is 2.91. The fourth-order valence-electron chi connectivity index (χ4n) is 2.43. The Balaban J connectivity index is 0.000000902. The van der Waals surface area contributed by atoms with Crippen molar-refractivity contribution >= 4 is 29.0 Å². The number of aryl methyl sites for hydroxylation is 1. The van der Waals surface area contributed by atoms with Gasteiger partial charge in [0.05, 0.1) is 0 Å². The van der Waals surface area contributed by atoms with Crippen LogP contribution >= 0.6 is 22.9 Å². The monoisotopic (exact) mass is 268 g/mol. The summed E-state index contributed by atoms with van der Waals surface area (Å²) in [6.45, 7) is 4.41. The van der Waals surface area contributed by atoms with Gasteiger partial charge in [-0.1, -0.05) is 35.4 Å². The van der Waals surface area contributed by atoms with Crippen LogP contribution in [0.2, 0.25) is 5.02 Å². The van der Waals surface area contributed by atoms with Crippen molar-refractivity contribution in [2.75, 3.05) is 0 Å². The van der Waals surface area contributed by atoms with Gasteiger partial charge in [0.15, 0.2) is 0 Å². The molecule has 0 radical (unpaired) electrons. The van der Waals surface area contributed by atoms with Gasteiger partial charge in [-0.2, -0.15) is 0 Å². The van der Waals surface area contributed by atoms with E-state index >= 15 is 0 Å². The molecule has 2 aromatic rings. The van der Waals surface area contributed by atoms with E-state index in [1.54, 1.807) is 0 Å². The largest absolute Gasteiger partial charge is 1.00 e. The molecule has 88 valence electrons. The molecule has 0 aliphatic heterocycles. The summed E-state index contributed by atoms with van der Waals surface area (Å²) in [5.41, 5.74) is 5.54. The first kappa shape index (κ1) is 14.0. The second-order valence-electron chi connectivity index (χ2n) is 4.54. The van der Waals surface area contributed by atoms with Crippen LogP contribution in [0.1, 0.15) is 23.7 Å². The number of benzene rings is 1. The van der Waals surface area contributed by atoms with Gasteiger partial charge in [-0.15, -0.1) is 11.3 Å². The summed E-state index contributed by atoms with van der Waals surface area (Å²) < 4.78 is 0. The Morgan fingerprint density at radius 3 is 2.50 bits per heavy atom. The van der Waals surface area contributed by atoms with Gasteiger partial charge in [0, 0.05) is 26.8 Å². The van der Waals surface area contributed by atoms with Gasteiger partial charge in [0.2, 0.25) is 0 Å². The van der Waals surface area contributed by atoms with Gasteiger partial charge >= 0.3 is 18.9 Å². The van der Waals surface area contributed by atoms with Crippen LogP contribution in [0.3, 0.4) is 0 Å². The van der Waals surface area contributed by atoms with Gasteiger partial charge in [-0.25, -0.2) is 0 Å². The summed E-state index contributed by atoms with van der Waals surface area (Å²) >= 11 is 7.87. The number of allylic oxidation sites excluding steroid dienone is 1. The molecule has 1 aromatic carbocycles. The van der Waals surface area contributed by atoms with Crippen molar-refractivity contribution < 1.29 is 20.3 Å². The molecule has 3 rings (SSSR count). The maximum atomic E-state index is 5.94. The number of hydrogen-bond donors (Lipinski definition) is 0. The van der Waals surface area contributed by atoms with E-state index in [9.17, 15) is 0 Å². The Morgan fingerprint density at radius 2 is 1.83 bits per heavy atom. The first-order chi connectivity index (χ1) is 8.15. The summed E-state index contributed by atoms with van der Waals surface area (Å²) in [5.74, 6) is 0. The Hall–Kier alpha value is -0.453. The van der Waals surface area contributed by atoms with Crippen molar-refractivity contribution in [3.05, 3.63) is 50.2 Å². The third-order valence-electron chi connectivity index (χ3n) is 3.16. The maximum Gasteiger partial charge on any atom is 1.00 e. The van der Waals surface area contributed by atoms with Gasteiger partial charge in [0.25, 0.3) is 0 Å². The van der Waals surface area contributed by atoms with Crippen molar-refractivity contribution in [1.29, 1.82) is 0 Å². The number of fused-ring (bicyclic) bond motifs is 1. The zero-order valence-corrected chi connectivity index (χ0v) is 12.5. The van der Waals surface area contributed by atoms with Gasteiger partial charge in [0.1, 0.15) is 0 Å². The van der Waals surface area contributed by atoms with Crippen LogP contribution in [0.5, 0.6) is 0 Å². The van der Waals surface area contributed by atoms with E-state index in [1.807, 2.05) is 23.5 Å². The molecule has 0 N–H and O–H groups in total. The smallest absolute Gasteiger partial charge is 1.00 e. The van der Waals surface area contributed by atoms with Gasteiger partial charge in [-0.05, 0) is 37.1 Å². The number of thiophene rings is 1. The quantitative estimate of drug-likeness (QED) is 0.697. The van der Waals surface area contributed by atoms with Crippen LogP contribution in [-0.2, 0) is 6.42 Å². The van der Waals surface area contributed by atoms with Crippen LogP contribution in [0.4, 0.5) is 0 Å². The molecule has 0 saturated carbocycles. The average Bonchev–Trinajstić information content (AvgIpc) is 2.75. The Labute approximate surface area is 130 Å². The normalized spacial score (nSPS) is 12.9. The van der Waals surface area contributed by atoms with E-state index in [1.165, 1.54) is 32.0 Å². The van der Waals surface area contributed by atoms with E-state index in [0.29, 0.717) is 0 Å². The third kappa shape index (κ3) is 2.33. The molecule has 0 amide bonds. The van der Waals surface area contributed by atoms with Crippen molar-refractivity contribution in [1.82, 2.24) is 0 Å². The van der Waals surface area contributed by atoms with Gasteiger partial charge in [-0.3, -0.25) is 0 Å². The standard InChI is InChI=1S/C15H13ClS.Li.H/c1-9-7-13-14(8-9)17-10(2)15(13)11-3-5-12(16)6-4-11;;/h3-7H,8H2,1-2H3;;/q;+1;-1. The first-order valence-electron chi connectivity index (χ1n) is 5.70. The third-order valence-corrected chi connectivity index (χ3v) is 4.53. The molecule has 0 spiro atoms. The Kier molecular flexibility index (Phi) is 4.09. The van der Waals surface area contributed by atoms with Crippen molar-refractivity contribution in [3.8, 4) is 11.1 Å².